The van der Waals surface area contributed by atoms with Crippen LogP contribution in [0, 0.1) is 11.3 Å². The molecule has 0 saturated carbocycles. The fourth-order valence-electron chi connectivity index (χ4n) is 3.07. The number of fused-ring (bicyclic) bond motifs is 1. The molecule has 2 heterocycles. The lowest BCUT2D eigenvalue weighted by Crippen LogP contribution is -2.28. The minimum atomic E-state index is -0.361. The van der Waals surface area contributed by atoms with Crippen molar-refractivity contribution in [3.05, 3.63) is 47.0 Å². The van der Waals surface area contributed by atoms with Crippen molar-refractivity contribution >= 4 is 17.5 Å². The third-order valence-electron chi connectivity index (χ3n) is 4.32. The Morgan fingerprint density at radius 2 is 2.15 bits per heavy atom. The van der Waals surface area contributed by atoms with Gasteiger partial charge in [-0.05, 0) is 43.9 Å². The minimum absolute atomic E-state index is 0.250. The Morgan fingerprint density at radius 3 is 2.92 bits per heavy atom. The van der Waals surface area contributed by atoms with E-state index in [1.54, 1.807) is 24.3 Å². The van der Waals surface area contributed by atoms with Gasteiger partial charge in [0.05, 0.1) is 17.3 Å². The number of hydrogen-bond donors (Lipinski definition) is 2. The van der Waals surface area contributed by atoms with Gasteiger partial charge in [0.2, 0.25) is 0 Å². The maximum atomic E-state index is 12.7. The van der Waals surface area contributed by atoms with Gasteiger partial charge < -0.3 is 15.2 Å². The topological polar surface area (TPSA) is 99.8 Å². The first-order valence-electron chi connectivity index (χ1n) is 8.83. The molecule has 26 heavy (non-hydrogen) atoms. The number of nitriles is 1. The Labute approximate surface area is 152 Å². The van der Waals surface area contributed by atoms with Crippen LogP contribution in [0.3, 0.4) is 0 Å². The van der Waals surface area contributed by atoms with Crippen LogP contribution in [-0.2, 0) is 13.0 Å². The zero-order valence-corrected chi connectivity index (χ0v) is 14.7. The van der Waals surface area contributed by atoms with Crippen molar-refractivity contribution in [3.8, 4) is 6.07 Å². The summed E-state index contributed by atoms with van der Waals surface area (Å²) in [6.07, 6.45) is 3.48. The largest absolute Gasteiger partial charge is 0.349 e. The van der Waals surface area contributed by atoms with Crippen LogP contribution in [-0.4, -0.2) is 27.9 Å². The van der Waals surface area contributed by atoms with E-state index in [0.29, 0.717) is 30.2 Å². The smallest absolute Gasteiger partial charge is 0.287 e. The molecule has 1 aromatic heterocycles. The molecule has 0 unspecified atom stereocenters. The second-order valence-electron chi connectivity index (χ2n) is 6.24. The number of carbonyl (C=O) groups is 2. The Kier molecular flexibility index (Phi) is 5.32. The SMILES string of the molecule is CCCNC(=O)c1nc(C(=O)Nc2cccc(C#N)c2)c2n1CCCC2. The van der Waals surface area contributed by atoms with Crippen LogP contribution in [0.2, 0.25) is 0 Å². The number of carbonyl (C=O) groups excluding carboxylic acids is 2. The molecule has 0 atom stereocenters. The molecule has 1 aliphatic heterocycles. The fraction of sp³-hybridized carbons (Fsp3) is 0.368. The predicted molar refractivity (Wildman–Crippen MR) is 96.9 cm³/mol. The van der Waals surface area contributed by atoms with Gasteiger partial charge in [-0.25, -0.2) is 4.98 Å². The Bertz CT molecular complexity index is 879. The summed E-state index contributed by atoms with van der Waals surface area (Å²) in [4.78, 5) is 29.5. The molecule has 0 fully saturated rings. The number of nitrogens with one attached hydrogen (secondary N) is 2. The van der Waals surface area contributed by atoms with Gasteiger partial charge in [-0.2, -0.15) is 5.26 Å². The monoisotopic (exact) mass is 351 g/mol. The number of amides is 2. The summed E-state index contributed by atoms with van der Waals surface area (Å²) in [6, 6.07) is 8.75. The van der Waals surface area contributed by atoms with Crippen molar-refractivity contribution in [3.63, 3.8) is 0 Å². The van der Waals surface area contributed by atoms with Gasteiger partial charge in [-0.15, -0.1) is 0 Å². The van der Waals surface area contributed by atoms with E-state index in [9.17, 15) is 9.59 Å². The standard InChI is InChI=1S/C19H21N5O2/c1-2-9-21-19(26)17-23-16(15-8-3-4-10-24(15)17)18(25)22-14-7-5-6-13(11-14)12-20/h5-7,11H,2-4,8-10H2,1H3,(H,21,26)(H,22,25). The van der Waals surface area contributed by atoms with Gasteiger partial charge >= 0.3 is 0 Å². The summed E-state index contributed by atoms with van der Waals surface area (Å²) < 4.78 is 1.86. The van der Waals surface area contributed by atoms with Crippen LogP contribution < -0.4 is 10.6 Å². The first kappa shape index (κ1) is 17.7. The number of aromatic nitrogens is 2. The van der Waals surface area contributed by atoms with E-state index < -0.39 is 0 Å². The average molecular weight is 351 g/mol. The molecule has 3 rings (SSSR count). The maximum absolute atomic E-state index is 12.7. The van der Waals surface area contributed by atoms with Crippen molar-refractivity contribution in [1.29, 1.82) is 5.26 Å². The van der Waals surface area contributed by atoms with Crippen LogP contribution in [0.1, 0.15) is 58.6 Å². The molecule has 2 N–H and O–H groups in total. The molecule has 0 aliphatic carbocycles. The van der Waals surface area contributed by atoms with Crippen LogP contribution in [0.5, 0.6) is 0 Å². The van der Waals surface area contributed by atoms with Crippen LogP contribution >= 0.6 is 0 Å². The highest BCUT2D eigenvalue weighted by atomic mass is 16.2. The van der Waals surface area contributed by atoms with Crippen molar-refractivity contribution in [2.45, 2.75) is 39.2 Å². The van der Waals surface area contributed by atoms with Crippen LogP contribution in [0.4, 0.5) is 5.69 Å². The number of hydrogen-bond acceptors (Lipinski definition) is 4. The highest BCUT2D eigenvalue weighted by Gasteiger charge is 2.27. The summed E-state index contributed by atoms with van der Waals surface area (Å²) in [6.45, 7) is 3.24. The van der Waals surface area contributed by atoms with Crippen LogP contribution in [0.15, 0.2) is 24.3 Å². The third kappa shape index (κ3) is 3.59. The van der Waals surface area contributed by atoms with E-state index in [4.69, 9.17) is 5.26 Å². The predicted octanol–water partition coefficient (Wildman–Crippen LogP) is 2.48. The molecule has 0 saturated heterocycles. The number of anilines is 1. The van der Waals surface area contributed by atoms with Crippen molar-refractivity contribution in [2.75, 3.05) is 11.9 Å². The van der Waals surface area contributed by atoms with Gasteiger partial charge in [0, 0.05) is 18.8 Å². The molecular formula is C19H21N5O2. The summed E-state index contributed by atoms with van der Waals surface area (Å²) in [5.41, 5.74) is 2.08. The van der Waals surface area contributed by atoms with Crippen molar-refractivity contribution in [1.82, 2.24) is 14.9 Å². The fourth-order valence-corrected chi connectivity index (χ4v) is 3.07. The zero-order chi connectivity index (χ0) is 18.5. The number of benzene rings is 1. The first-order valence-corrected chi connectivity index (χ1v) is 8.83. The van der Waals surface area contributed by atoms with Gasteiger partial charge in [-0.1, -0.05) is 13.0 Å². The summed E-state index contributed by atoms with van der Waals surface area (Å²) >= 11 is 0. The lowest BCUT2D eigenvalue weighted by atomic mass is 10.1. The third-order valence-corrected chi connectivity index (χ3v) is 4.32. The molecule has 7 heteroatoms. The highest BCUT2D eigenvalue weighted by Crippen LogP contribution is 2.22. The average Bonchev–Trinajstić information content (AvgIpc) is 3.06. The quantitative estimate of drug-likeness (QED) is 0.864. The van der Waals surface area contributed by atoms with E-state index in [1.807, 2.05) is 17.6 Å². The van der Waals surface area contributed by atoms with E-state index in [-0.39, 0.29) is 17.5 Å². The summed E-state index contributed by atoms with van der Waals surface area (Å²) in [7, 11) is 0. The molecule has 2 aromatic rings. The number of nitrogens with zero attached hydrogens (tertiary/aromatic N) is 3. The first-order chi connectivity index (χ1) is 12.6. The Hall–Kier alpha value is -3.14. The lowest BCUT2D eigenvalue weighted by Gasteiger charge is -2.17. The van der Waals surface area contributed by atoms with Crippen LogP contribution in [0.25, 0.3) is 0 Å². The summed E-state index contributed by atoms with van der Waals surface area (Å²) in [5.74, 6) is -0.315. The van der Waals surface area contributed by atoms with Gasteiger partial charge in [0.1, 0.15) is 0 Å². The maximum Gasteiger partial charge on any atom is 0.287 e. The Balaban J connectivity index is 1.89. The summed E-state index contributed by atoms with van der Waals surface area (Å²) in [5, 5.41) is 14.6. The molecule has 0 spiro atoms. The van der Waals surface area contributed by atoms with E-state index >= 15 is 0 Å². The van der Waals surface area contributed by atoms with Crippen molar-refractivity contribution in [2.24, 2.45) is 0 Å². The molecule has 134 valence electrons. The number of imidazole rings is 1. The normalized spacial score (nSPS) is 12.8. The van der Waals surface area contributed by atoms with E-state index in [2.05, 4.69) is 15.6 Å². The molecule has 1 aromatic carbocycles. The van der Waals surface area contributed by atoms with Gasteiger partial charge in [0.15, 0.2) is 11.5 Å². The molecule has 0 radical (unpaired) electrons. The highest BCUT2D eigenvalue weighted by molar-refractivity contribution is 6.05. The minimum Gasteiger partial charge on any atom is -0.349 e. The second-order valence-corrected chi connectivity index (χ2v) is 6.24. The molecule has 1 aliphatic rings. The van der Waals surface area contributed by atoms with E-state index in [0.717, 1.165) is 31.4 Å². The Morgan fingerprint density at radius 1 is 1.31 bits per heavy atom. The van der Waals surface area contributed by atoms with E-state index in [1.165, 1.54) is 0 Å². The molecular weight excluding hydrogens is 330 g/mol. The number of rotatable bonds is 5. The van der Waals surface area contributed by atoms with Crippen molar-refractivity contribution < 1.29 is 9.59 Å². The zero-order valence-electron chi connectivity index (χ0n) is 14.7. The van der Waals surface area contributed by atoms with Gasteiger partial charge in [0.25, 0.3) is 11.8 Å². The molecule has 0 bridgehead atoms. The molecule has 2 amide bonds. The van der Waals surface area contributed by atoms with Gasteiger partial charge in [-0.3, -0.25) is 9.59 Å². The lowest BCUT2D eigenvalue weighted by molar-refractivity contribution is 0.0937. The second kappa shape index (κ2) is 7.83. The molecule has 7 nitrogen and oxygen atoms in total.